The van der Waals surface area contributed by atoms with E-state index in [-0.39, 0.29) is 5.82 Å². The Morgan fingerprint density at radius 3 is 2.86 bits per heavy atom. The molecule has 1 nitrogen and oxygen atoms in total. The maximum absolute atomic E-state index is 12.9. The summed E-state index contributed by atoms with van der Waals surface area (Å²) in [5, 5.41) is 3.32. The van der Waals surface area contributed by atoms with E-state index in [1.807, 2.05) is 0 Å². The molecule has 1 unspecified atom stereocenters. The van der Waals surface area contributed by atoms with Crippen LogP contribution in [-0.2, 0) is 6.54 Å². The average Bonchev–Trinajstić information content (AvgIpc) is 2.19. The van der Waals surface area contributed by atoms with Crippen molar-refractivity contribution >= 4 is 15.9 Å². The van der Waals surface area contributed by atoms with Gasteiger partial charge < -0.3 is 5.32 Å². The zero-order valence-corrected chi connectivity index (χ0v) is 10.1. The van der Waals surface area contributed by atoms with Crippen molar-refractivity contribution in [2.45, 2.75) is 32.9 Å². The largest absolute Gasteiger partial charge is 0.310 e. The molecular formula is C11H15BrFN. The Balaban J connectivity index is 2.62. The van der Waals surface area contributed by atoms with E-state index in [4.69, 9.17) is 0 Å². The lowest BCUT2D eigenvalue weighted by Crippen LogP contribution is -2.24. The number of hydrogen-bond acceptors (Lipinski definition) is 1. The minimum absolute atomic E-state index is 0.186. The summed E-state index contributed by atoms with van der Waals surface area (Å²) in [5.74, 6) is -0.186. The highest BCUT2D eigenvalue weighted by molar-refractivity contribution is 9.10. The molecule has 3 heteroatoms. The minimum atomic E-state index is -0.186. The minimum Gasteiger partial charge on any atom is -0.310 e. The van der Waals surface area contributed by atoms with E-state index in [9.17, 15) is 4.39 Å². The molecule has 1 aromatic carbocycles. The third kappa shape index (κ3) is 3.39. The van der Waals surface area contributed by atoms with Gasteiger partial charge in [0, 0.05) is 17.1 Å². The first-order valence-electron chi connectivity index (χ1n) is 4.80. The van der Waals surface area contributed by atoms with Gasteiger partial charge >= 0.3 is 0 Å². The predicted molar refractivity (Wildman–Crippen MR) is 60.7 cm³/mol. The quantitative estimate of drug-likeness (QED) is 0.873. The third-order valence-electron chi connectivity index (χ3n) is 2.26. The molecular weight excluding hydrogens is 245 g/mol. The standard InChI is InChI=1S/C11H15BrFN/c1-3-8(2)14-7-9-6-10(13)4-5-11(9)12/h4-6,8,14H,3,7H2,1-2H3. The van der Waals surface area contributed by atoms with Crippen LogP contribution < -0.4 is 5.32 Å². The van der Waals surface area contributed by atoms with Crippen LogP contribution in [0.2, 0.25) is 0 Å². The lowest BCUT2D eigenvalue weighted by molar-refractivity contribution is 0.531. The average molecular weight is 260 g/mol. The predicted octanol–water partition coefficient (Wildman–Crippen LogP) is 3.48. The topological polar surface area (TPSA) is 12.0 Å². The maximum atomic E-state index is 12.9. The van der Waals surface area contributed by atoms with Gasteiger partial charge in [0.25, 0.3) is 0 Å². The summed E-state index contributed by atoms with van der Waals surface area (Å²) >= 11 is 3.40. The van der Waals surface area contributed by atoms with Crippen LogP contribution in [0.25, 0.3) is 0 Å². The SMILES string of the molecule is CCC(C)NCc1cc(F)ccc1Br. The van der Waals surface area contributed by atoms with Gasteiger partial charge in [0.1, 0.15) is 5.82 Å². The summed E-state index contributed by atoms with van der Waals surface area (Å²) in [6.45, 7) is 4.94. The molecule has 1 rings (SSSR count). The van der Waals surface area contributed by atoms with Gasteiger partial charge in [0.15, 0.2) is 0 Å². The van der Waals surface area contributed by atoms with Gasteiger partial charge in [-0.25, -0.2) is 4.39 Å². The van der Waals surface area contributed by atoms with Gasteiger partial charge in [-0.2, -0.15) is 0 Å². The zero-order chi connectivity index (χ0) is 10.6. The Labute approximate surface area is 92.8 Å². The Bertz CT molecular complexity index is 301. The Morgan fingerprint density at radius 2 is 2.21 bits per heavy atom. The lowest BCUT2D eigenvalue weighted by atomic mass is 10.2. The van der Waals surface area contributed by atoms with Crippen molar-refractivity contribution in [3.63, 3.8) is 0 Å². The van der Waals surface area contributed by atoms with Crippen LogP contribution in [-0.4, -0.2) is 6.04 Å². The fourth-order valence-electron chi connectivity index (χ4n) is 1.11. The zero-order valence-electron chi connectivity index (χ0n) is 8.48. The first kappa shape index (κ1) is 11.7. The smallest absolute Gasteiger partial charge is 0.123 e. The van der Waals surface area contributed by atoms with E-state index >= 15 is 0 Å². The molecule has 0 spiro atoms. The van der Waals surface area contributed by atoms with Crippen molar-refractivity contribution < 1.29 is 4.39 Å². The Kier molecular flexibility index (Phi) is 4.55. The normalized spacial score (nSPS) is 12.9. The van der Waals surface area contributed by atoms with E-state index in [1.54, 1.807) is 12.1 Å². The number of nitrogens with one attached hydrogen (secondary N) is 1. The molecule has 1 N–H and O–H groups in total. The fourth-order valence-corrected chi connectivity index (χ4v) is 1.49. The molecule has 0 radical (unpaired) electrons. The highest BCUT2D eigenvalue weighted by Crippen LogP contribution is 2.17. The molecule has 0 aromatic heterocycles. The van der Waals surface area contributed by atoms with E-state index in [2.05, 4.69) is 35.1 Å². The fraction of sp³-hybridized carbons (Fsp3) is 0.455. The van der Waals surface area contributed by atoms with Crippen LogP contribution in [0, 0.1) is 5.82 Å². The van der Waals surface area contributed by atoms with Crippen LogP contribution in [0.15, 0.2) is 22.7 Å². The van der Waals surface area contributed by atoms with Crippen molar-refractivity contribution in [2.75, 3.05) is 0 Å². The van der Waals surface area contributed by atoms with E-state index in [1.165, 1.54) is 6.07 Å². The molecule has 1 atom stereocenters. The molecule has 1 aromatic rings. The van der Waals surface area contributed by atoms with Gasteiger partial charge in [-0.1, -0.05) is 22.9 Å². The van der Waals surface area contributed by atoms with Crippen LogP contribution in [0.1, 0.15) is 25.8 Å². The summed E-state index contributed by atoms with van der Waals surface area (Å²) in [5.41, 5.74) is 0.963. The van der Waals surface area contributed by atoms with E-state index < -0.39 is 0 Å². The Hall–Kier alpha value is -0.410. The van der Waals surface area contributed by atoms with E-state index in [0.717, 1.165) is 16.5 Å². The van der Waals surface area contributed by atoms with Gasteiger partial charge in [-0.05, 0) is 37.1 Å². The highest BCUT2D eigenvalue weighted by atomic mass is 79.9. The number of benzene rings is 1. The summed E-state index contributed by atoms with van der Waals surface area (Å²) in [6, 6.07) is 5.21. The van der Waals surface area contributed by atoms with Crippen LogP contribution in [0.3, 0.4) is 0 Å². The highest BCUT2D eigenvalue weighted by Gasteiger charge is 2.03. The van der Waals surface area contributed by atoms with Crippen LogP contribution >= 0.6 is 15.9 Å². The summed E-state index contributed by atoms with van der Waals surface area (Å²) < 4.78 is 13.9. The summed E-state index contributed by atoms with van der Waals surface area (Å²) in [6.07, 6.45) is 1.08. The molecule has 0 amide bonds. The molecule has 0 bridgehead atoms. The van der Waals surface area contributed by atoms with Gasteiger partial charge in [-0.3, -0.25) is 0 Å². The number of hydrogen-bond donors (Lipinski definition) is 1. The first-order chi connectivity index (χ1) is 6.63. The van der Waals surface area contributed by atoms with Crippen LogP contribution in [0.4, 0.5) is 4.39 Å². The van der Waals surface area contributed by atoms with Crippen molar-refractivity contribution in [3.8, 4) is 0 Å². The van der Waals surface area contributed by atoms with Crippen LogP contribution in [0.5, 0.6) is 0 Å². The second-order valence-electron chi connectivity index (χ2n) is 3.43. The second-order valence-corrected chi connectivity index (χ2v) is 4.28. The molecule has 0 fully saturated rings. The molecule has 0 aliphatic carbocycles. The second kappa shape index (κ2) is 5.47. The van der Waals surface area contributed by atoms with Crippen molar-refractivity contribution in [1.29, 1.82) is 0 Å². The molecule has 0 saturated carbocycles. The Morgan fingerprint density at radius 1 is 1.50 bits per heavy atom. The summed E-state index contributed by atoms with van der Waals surface area (Å²) in [7, 11) is 0. The molecule has 0 heterocycles. The van der Waals surface area contributed by atoms with Gasteiger partial charge in [-0.15, -0.1) is 0 Å². The monoisotopic (exact) mass is 259 g/mol. The van der Waals surface area contributed by atoms with Gasteiger partial charge in [0.05, 0.1) is 0 Å². The maximum Gasteiger partial charge on any atom is 0.123 e. The number of rotatable bonds is 4. The van der Waals surface area contributed by atoms with Gasteiger partial charge in [0.2, 0.25) is 0 Å². The molecule has 0 aliphatic rings. The molecule has 14 heavy (non-hydrogen) atoms. The molecule has 78 valence electrons. The third-order valence-corrected chi connectivity index (χ3v) is 3.03. The van der Waals surface area contributed by atoms with E-state index in [0.29, 0.717) is 12.6 Å². The lowest BCUT2D eigenvalue weighted by Gasteiger charge is -2.12. The number of halogens is 2. The molecule has 0 aliphatic heterocycles. The molecule has 0 saturated heterocycles. The van der Waals surface area contributed by atoms with Crippen molar-refractivity contribution in [3.05, 3.63) is 34.1 Å². The van der Waals surface area contributed by atoms with Crippen molar-refractivity contribution in [1.82, 2.24) is 5.32 Å². The summed E-state index contributed by atoms with van der Waals surface area (Å²) in [4.78, 5) is 0. The van der Waals surface area contributed by atoms with Crippen molar-refractivity contribution in [2.24, 2.45) is 0 Å². The first-order valence-corrected chi connectivity index (χ1v) is 5.60.